The highest BCUT2D eigenvalue weighted by Crippen LogP contribution is 2.35. The first-order valence-corrected chi connectivity index (χ1v) is 20.0. The molecule has 8 rings (SSSR count). The Morgan fingerprint density at radius 3 is 2.21 bits per heavy atom. The summed E-state index contributed by atoms with van der Waals surface area (Å²) in [4.78, 5) is 59.8. The number of rotatable bonds is 9. The van der Waals surface area contributed by atoms with Crippen LogP contribution < -0.4 is 10.6 Å². The van der Waals surface area contributed by atoms with Gasteiger partial charge in [0, 0.05) is 90.5 Å². The number of ether oxygens (including phenoxy) is 1. The van der Waals surface area contributed by atoms with Crippen molar-refractivity contribution >= 4 is 23.7 Å². The van der Waals surface area contributed by atoms with Crippen molar-refractivity contribution in [2.24, 2.45) is 0 Å². The predicted molar refractivity (Wildman–Crippen MR) is 213 cm³/mol. The molecule has 5 N–H and O–H groups in total. The van der Waals surface area contributed by atoms with Gasteiger partial charge in [-0.3, -0.25) is 19.4 Å². The molecule has 6 heterocycles. The summed E-state index contributed by atoms with van der Waals surface area (Å²) in [5, 5.41) is 32.3. The Kier molecular flexibility index (Phi) is 11.1. The number of piperidine rings is 1. The minimum Gasteiger partial charge on any atom is -0.508 e. The highest BCUT2D eigenvalue weighted by atomic mass is 16.5. The molecule has 0 atom stereocenters. The zero-order valence-corrected chi connectivity index (χ0v) is 33.0. The number of likely N-dealkylation sites (tertiary alicyclic amines) is 1. The van der Waals surface area contributed by atoms with E-state index in [0.29, 0.717) is 133 Å². The fraction of sp³-hybridized carbons (Fsp3) is 0.488. The highest BCUT2D eigenvalue weighted by Gasteiger charge is 2.42. The van der Waals surface area contributed by atoms with Crippen LogP contribution in [0.4, 0.5) is 11.9 Å². The van der Waals surface area contributed by atoms with Crippen molar-refractivity contribution < 1.29 is 29.6 Å². The molecule has 0 aliphatic carbocycles. The molecule has 2 aromatic heterocycles. The second kappa shape index (κ2) is 16.4. The normalized spacial score (nSPS) is 18.8. The van der Waals surface area contributed by atoms with E-state index >= 15 is 0 Å². The number of phenols is 2. The molecule has 0 spiro atoms. The Morgan fingerprint density at radius 2 is 1.50 bits per heavy atom. The molecule has 0 radical (unpaired) electrons. The number of nitrogens with two attached hydrogens (primary N) is 1. The average Bonchev–Trinajstić information content (AvgIpc) is 3.66. The zero-order valence-electron chi connectivity index (χ0n) is 33.0. The first-order chi connectivity index (χ1) is 27.9. The van der Waals surface area contributed by atoms with Gasteiger partial charge in [-0.1, -0.05) is 32.0 Å². The summed E-state index contributed by atoms with van der Waals surface area (Å²) in [6, 6.07) is 9.08. The maximum atomic E-state index is 13.8. The molecule has 3 fully saturated rings. The molecule has 58 heavy (non-hydrogen) atoms. The molecular formula is C41H51N11O6. The van der Waals surface area contributed by atoms with E-state index in [2.05, 4.69) is 42.9 Å². The zero-order chi connectivity index (χ0) is 40.6. The van der Waals surface area contributed by atoms with Crippen LogP contribution in [0.15, 0.2) is 42.7 Å². The SMILES string of the molecule is CC(C)c1cc(C(=O)N2Cc3ccc(CN4CCC(O)(C(=O)N5CCN(Cc6nc(-c7cnc(N)nc7)nc(N7CCOCC7)n6)CC5)CC4)cc3C2)c(O)cc1O. The van der Waals surface area contributed by atoms with Gasteiger partial charge in [0.25, 0.3) is 11.8 Å². The lowest BCUT2D eigenvalue weighted by Crippen LogP contribution is -2.58. The summed E-state index contributed by atoms with van der Waals surface area (Å²) in [6.45, 7) is 11.8. The topological polar surface area (TPSA) is 211 Å². The number of hydrogen-bond acceptors (Lipinski definition) is 15. The monoisotopic (exact) mass is 793 g/mol. The lowest BCUT2D eigenvalue weighted by molar-refractivity contribution is -0.158. The summed E-state index contributed by atoms with van der Waals surface area (Å²) in [6.07, 6.45) is 3.90. The van der Waals surface area contributed by atoms with E-state index in [0.717, 1.165) is 16.7 Å². The number of phenolic OH excluding ortho intramolecular Hbond substituents is 2. The number of hydrogen-bond donors (Lipinski definition) is 4. The van der Waals surface area contributed by atoms with Gasteiger partial charge >= 0.3 is 0 Å². The van der Waals surface area contributed by atoms with Crippen molar-refractivity contribution in [3.05, 3.63) is 76.4 Å². The van der Waals surface area contributed by atoms with Crippen molar-refractivity contribution in [2.75, 3.05) is 76.2 Å². The van der Waals surface area contributed by atoms with Crippen molar-refractivity contribution in [3.63, 3.8) is 0 Å². The third kappa shape index (κ3) is 8.39. The van der Waals surface area contributed by atoms with E-state index in [4.69, 9.17) is 25.4 Å². The van der Waals surface area contributed by atoms with Gasteiger partial charge in [0.15, 0.2) is 5.82 Å². The number of nitrogen functional groups attached to an aromatic ring is 1. The number of nitrogens with zero attached hydrogens (tertiary/aromatic N) is 10. The average molecular weight is 794 g/mol. The first-order valence-electron chi connectivity index (χ1n) is 20.0. The fourth-order valence-corrected chi connectivity index (χ4v) is 8.21. The Balaban J connectivity index is 0.837. The first kappa shape index (κ1) is 39.3. The van der Waals surface area contributed by atoms with E-state index in [-0.39, 0.29) is 40.7 Å². The predicted octanol–water partition coefficient (Wildman–Crippen LogP) is 2.11. The van der Waals surface area contributed by atoms with Gasteiger partial charge in [0.05, 0.1) is 30.9 Å². The summed E-state index contributed by atoms with van der Waals surface area (Å²) in [5.41, 5.74) is 8.95. The lowest BCUT2D eigenvalue weighted by Gasteiger charge is -2.42. The molecule has 4 aliphatic heterocycles. The molecule has 4 aromatic rings. The molecule has 0 unspecified atom stereocenters. The van der Waals surface area contributed by atoms with E-state index in [9.17, 15) is 24.9 Å². The van der Waals surface area contributed by atoms with Crippen LogP contribution in [0, 0.1) is 0 Å². The van der Waals surface area contributed by atoms with Crippen molar-refractivity contribution in [1.82, 2.24) is 44.5 Å². The van der Waals surface area contributed by atoms with Gasteiger partial charge in [-0.25, -0.2) is 15.0 Å². The number of carbonyl (C=O) groups excluding carboxylic acids is 2. The van der Waals surface area contributed by atoms with Crippen molar-refractivity contribution in [3.8, 4) is 22.9 Å². The van der Waals surface area contributed by atoms with Crippen LogP contribution in [0.2, 0.25) is 0 Å². The third-order valence-corrected chi connectivity index (χ3v) is 11.7. The maximum Gasteiger partial charge on any atom is 0.258 e. The molecule has 4 aliphatic rings. The standard InChI is InChI=1S/C41H51N11O6/c1-26(2)31-18-32(34(54)19-33(31)53)37(55)52-23-28-4-3-27(17-29(28)24-52)22-48-7-5-41(57,6-8-48)38(56)50-11-9-49(10-12-50)25-35-45-36(30-20-43-39(42)44-21-30)47-40(46-35)51-13-15-58-16-14-51/h3-4,17-21,26,53-54,57H,5-16,22-25H2,1-2H3,(H2,42,43,44). The molecular weight excluding hydrogens is 743 g/mol. The summed E-state index contributed by atoms with van der Waals surface area (Å²) in [7, 11) is 0. The minimum atomic E-state index is -1.41. The molecule has 0 bridgehead atoms. The number of morpholine rings is 1. The Hall–Kier alpha value is -5.49. The molecule has 0 saturated carbocycles. The van der Waals surface area contributed by atoms with Crippen LogP contribution in [-0.2, 0) is 35.7 Å². The number of piperazine rings is 1. The smallest absolute Gasteiger partial charge is 0.258 e. The van der Waals surface area contributed by atoms with Crippen molar-refractivity contribution in [2.45, 2.75) is 64.4 Å². The van der Waals surface area contributed by atoms with E-state index in [1.807, 2.05) is 13.8 Å². The van der Waals surface area contributed by atoms with Gasteiger partial charge < -0.3 is 40.5 Å². The number of benzene rings is 2. The lowest BCUT2D eigenvalue weighted by atomic mass is 9.89. The number of carbonyl (C=O) groups is 2. The molecule has 17 nitrogen and oxygen atoms in total. The minimum absolute atomic E-state index is 0.00553. The number of aromatic hydroxyl groups is 2. The number of aromatic nitrogens is 5. The van der Waals surface area contributed by atoms with Crippen LogP contribution in [0.1, 0.15) is 71.0 Å². The second-order valence-corrected chi connectivity index (χ2v) is 16.0. The van der Waals surface area contributed by atoms with E-state index < -0.39 is 5.60 Å². The van der Waals surface area contributed by atoms with E-state index in [1.165, 1.54) is 6.07 Å². The largest absolute Gasteiger partial charge is 0.508 e. The van der Waals surface area contributed by atoms with Gasteiger partial charge in [-0.15, -0.1) is 0 Å². The second-order valence-electron chi connectivity index (χ2n) is 16.0. The van der Waals surface area contributed by atoms with Crippen LogP contribution in [0.3, 0.4) is 0 Å². The number of aliphatic hydroxyl groups is 1. The molecule has 306 valence electrons. The Labute approximate surface area is 337 Å². The highest BCUT2D eigenvalue weighted by molar-refractivity contribution is 5.97. The maximum absolute atomic E-state index is 13.8. The number of anilines is 2. The fourth-order valence-electron chi connectivity index (χ4n) is 8.21. The number of fused-ring (bicyclic) bond motifs is 1. The van der Waals surface area contributed by atoms with Gasteiger partial charge in [-0.05, 0) is 47.1 Å². The quantitative estimate of drug-likeness (QED) is 0.191. The summed E-state index contributed by atoms with van der Waals surface area (Å²) in [5.74, 6) is 1.07. The molecule has 2 aromatic carbocycles. The number of amides is 2. The van der Waals surface area contributed by atoms with Gasteiger partial charge in [0.2, 0.25) is 11.9 Å². The Morgan fingerprint density at radius 1 is 0.810 bits per heavy atom. The van der Waals surface area contributed by atoms with Crippen LogP contribution >= 0.6 is 0 Å². The van der Waals surface area contributed by atoms with E-state index in [1.54, 1.807) is 28.3 Å². The van der Waals surface area contributed by atoms with Crippen LogP contribution in [0.25, 0.3) is 11.4 Å². The molecule has 3 saturated heterocycles. The van der Waals surface area contributed by atoms with Crippen LogP contribution in [0.5, 0.6) is 11.5 Å². The third-order valence-electron chi connectivity index (χ3n) is 11.7. The van der Waals surface area contributed by atoms with Gasteiger partial charge in [-0.2, -0.15) is 9.97 Å². The van der Waals surface area contributed by atoms with Crippen LogP contribution in [-0.4, -0.2) is 143 Å². The van der Waals surface area contributed by atoms with Gasteiger partial charge in [0.1, 0.15) is 22.9 Å². The molecule has 17 heteroatoms. The summed E-state index contributed by atoms with van der Waals surface area (Å²) >= 11 is 0. The summed E-state index contributed by atoms with van der Waals surface area (Å²) < 4.78 is 5.53. The Bertz CT molecular complexity index is 2150. The van der Waals surface area contributed by atoms with Crippen molar-refractivity contribution in [1.29, 1.82) is 0 Å². The molecule has 2 amide bonds.